The molecule has 3 aromatic rings. The highest BCUT2D eigenvalue weighted by atomic mass is 19.1. The van der Waals surface area contributed by atoms with Crippen LogP contribution in [0.1, 0.15) is 46.8 Å². The first kappa shape index (κ1) is 24.1. The van der Waals surface area contributed by atoms with Crippen LogP contribution in [-0.4, -0.2) is 19.0 Å². The molecule has 0 radical (unpaired) electrons. The summed E-state index contributed by atoms with van der Waals surface area (Å²) in [6, 6.07) is 21.4. The summed E-state index contributed by atoms with van der Waals surface area (Å²) in [5.41, 5.74) is 4.72. The van der Waals surface area contributed by atoms with Crippen molar-refractivity contribution in [3.63, 3.8) is 0 Å². The third kappa shape index (κ3) is 8.17. The van der Waals surface area contributed by atoms with Crippen LogP contribution in [0.15, 0.2) is 85.5 Å². The van der Waals surface area contributed by atoms with Gasteiger partial charge in [0.05, 0.1) is 13.2 Å². The third-order valence-electron chi connectivity index (χ3n) is 5.10. The Hall–Kier alpha value is -3.50. The van der Waals surface area contributed by atoms with Crippen molar-refractivity contribution in [1.82, 2.24) is 0 Å². The van der Waals surface area contributed by atoms with Gasteiger partial charge in [0.1, 0.15) is 11.6 Å². The number of halogens is 1. The molecule has 4 heteroatoms. The Morgan fingerprint density at radius 3 is 2.18 bits per heavy atom. The summed E-state index contributed by atoms with van der Waals surface area (Å²) >= 11 is 0. The predicted molar refractivity (Wildman–Crippen MR) is 132 cm³/mol. The number of rotatable bonds is 12. The highest BCUT2D eigenvalue weighted by Crippen LogP contribution is 2.15. The van der Waals surface area contributed by atoms with Gasteiger partial charge in [0, 0.05) is 12.2 Å². The summed E-state index contributed by atoms with van der Waals surface area (Å²) < 4.78 is 24.5. The van der Waals surface area contributed by atoms with Crippen LogP contribution >= 0.6 is 0 Å². The van der Waals surface area contributed by atoms with Gasteiger partial charge in [-0.1, -0.05) is 54.6 Å². The number of ketones is 1. The van der Waals surface area contributed by atoms with Gasteiger partial charge >= 0.3 is 0 Å². The van der Waals surface area contributed by atoms with Crippen molar-refractivity contribution < 1.29 is 18.7 Å². The highest BCUT2D eigenvalue weighted by Gasteiger charge is 2.02. The fourth-order valence-electron chi connectivity index (χ4n) is 3.13. The molecule has 3 aromatic carbocycles. The van der Waals surface area contributed by atoms with E-state index >= 15 is 0 Å². The molecule has 170 valence electrons. The molecule has 0 bridgehead atoms. The van der Waals surface area contributed by atoms with E-state index in [1.165, 1.54) is 30.3 Å². The van der Waals surface area contributed by atoms with Crippen LogP contribution < -0.4 is 4.74 Å². The Kier molecular flexibility index (Phi) is 9.16. The number of hydrogen-bond donors (Lipinski definition) is 0. The molecule has 0 N–H and O–H groups in total. The SMILES string of the molecule is C=C(C)c1ccc(COCCCCOc2ccc(C=CC(=O)c3ccc(F)cc3)cc2)cc1. The van der Waals surface area contributed by atoms with Crippen LogP contribution in [-0.2, 0) is 11.3 Å². The van der Waals surface area contributed by atoms with Gasteiger partial charge in [0.25, 0.3) is 0 Å². The van der Waals surface area contributed by atoms with Gasteiger partial charge in [-0.2, -0.15) is 0 Å². The molecular weight excluding hydrogens is 415 g/mol. The molecule has 0 aliphatic carbocycles. The van der Waals surface area contributed by atoms with E-state index in [1.807, 2.05) is 31.2 Å². The molecule has 33 heavy (non-hydrogen) atoms. The van der Waals surface area contributed by atoms with Gasteiger partial charge in [-0.3, -0.25) is 4.79 Å². The first-order valence-electron chi connectivity index (χ1n) is 11.0. The Bertz CT molecular complexity index is 1070. The zero-order valence-electron chi connectivity index (χ0n) is 18.9. The lowest BCUT2D eigenvalue weighted by atomic mass is 10.1. The van der Waals surface area contributed by atoms with Gasteiger partial charge < -0.3 is 9.47 Å². The first-order chi connectivity index (χ1) is 16.0. The summed E-state index contributed by atoms with van der Waals surface area (Å²) in [6.07, 6.45) is 5.05. The quantitative estimate of drug-likeness (QED) is 0.169. The van der Waals surface area contributed by atoms with Crippen LogP contribution in [0.5, 0.6) is 5.75 Å². The topological polar surface area (TPSA) is 35.5 Å². The average Bonchev–Trinajstić information content (AvgIpc) is 2.83. The number of carbonyl (C=O) groups is 1. The van der Waals surface area contributed by atoms with Crippen LogP contribution in [0.3, 0.4) is 0 Å². The second-order valence-corrected chi connectivity index (χ2v) is 7.86. The zero-order chi connectivity index (χ0) is 23.5. The number of carbonyl (C=O) groups excluding carboxylic acids is 1. The molecule has 0 aromatic heterocycles. The van der Waals surface area contributed by atoms with Crippen LogP contribution in [0.4, 0.5) is 4.39 Å². The molecule has 0 atom stereocenters. The van der Waals surface area contributed by atoms with E-state index in [0.717, 1.165) is 40.9 Å². The van der Waals surface area contributed by atoms with E-state index in [9.17, 15) is 9.18 Å². The Labute approximate surface area is 195 Å². The Balaban J connectivity index is 1.31. The Morgan fingerprint density at radius 1 is 0.879 bits per heavy atom. The van der Waals surface area contributed by atoms with Gasteiger partial charge in [-0.05, 0) is 78.9 Å². The van der Waals surface area contributed by atoms with E-state index in [2.05, 4.69) is 30.8 Å². The van der Waals surface area contributed by atoms with E-state index in [-0.39, 0.29) is 11.6 Å². The minimum atomic E-state index is -0.358. The van der Waals surface area contributed by atoms with E-state index in [1.54, 1.807) is 6.08 Å². The maximum Gasteiger partial charge on any atom is 0.185 e. The van der Waals surface area contributed by atoms with Gasteiger partial charge in [0.2, 0.25) is 0 Å². The molecule has 0 fully saturated rings. The minimum Gasteiger partial charge on any atom is -0.494 e. The molecule has 0 aliphatic heterocycles. The maximum atomic E-state index is 13.0. The van der Waals surface area contributed by atoms with Crippen molar-refractivity contribution in [2.75, 3.05) is 13.2 Å². The summed E-state index contributed by atoms with van der Waals surface area (Å²) in [6.45, 7) is 7.86. The number of hydrogen-bond acceptors (Lipinski definition) is 3. The minimum absolute atomic E-state index is 0.165. The molecular formula is C29H29FO3. The second-order valence-electron chi connectivity index (χ2n) is 7.86. The van der Waals surface area contributed by atoms with Crippen LogP contribution in [0, 0.1) is 5.82 Å². The fraction of sp³-hybridized carbons (Fsp3) is 0.207. The Morgan fingerprint density at radius 2 is 1.52 bits per heavy atom. The van der Waals surface area contributed by atoms with Gasteiger partial charge in [0.15, 0.2) is 5.78 Å². The molecule has 0 saturated heterocycles. The lowest BCUT2D eigenvalue weighted by Crippen LogP contribution is -2.01. The molecule has 3 nitrogen and oxygen atoms in total. The molecule has 3 rings (SSSR count). The third-order valence-corrected chi connectivity index (χ3v) is 5.10. The highest BCUT2D eigenvalue weighted by molar-refractivity contribution is 6.06. The van der Waals surface area contributed by atoms with E-state index in [4.69, 9.17) is 9.47 Å². The molecule has 0 saturated carbocycles. The number of unbranched alkanes of at least 4 members (excludes halogenated alkanes) is 1. The normalized spacial score (nSPS) is 11.0. The lowest BCUT2D eigenvalue weighted by molar-refractivity contribution is 0.104. The largest absolute Gasteiger partial charge is 0.494 e. The molecule has 0 amide bonds. The fourth-order valence-corrected chi connectivity index (χ4v) is 3.13. The number of allylic oxidation sites excluding steroid dienone is 2. The monoisotopic (exact) mass is 444 g/mol. The van der Waals surface area contributed by atoms with Crippen molar-refractivity contribution in [2.24, 2.45) is 0 Å². The predicted octanol–water partition coefficient (Wildman–Crippen LogP) is 7.13. The average molecular weight is 445 g/mol. The van der Waals surface area contributed by atoms with E-state index < -0.39 is 0 Å². The van der Waals surface area contributed by atoms with Crippen molar-refractivity contribution in [3.8, 4) is 5.75 Å². The van der Waals surface area contributed by atoms with E-state index in [0.29, 0.717) is 25.4 Å². The van der Waals surface area contributed by atoms with Gasteiger partial charge in [-0.15, -0.1) is 0 Å². The van der Waals surface area contributed by atoms with Crippen LogP contribution in [0.2, 0.25) is 0 Å². The second kappa shape index (κ2) is 12.5. The first-order valence-corrected chi connectivity index (χ1v) is 11.0. The maximum absolute atomic E-state index is 13.0. The summed E-state index contributed by atoms with van der Waals surface area (Å²) in [5, 5.41) is 0. The number of ether oxygens (including phenoxy) is 2. The van der Waals surface area contributed by atoms with Crippen LogP contribution in [0.25, 0.3) is 11.6 Å². The van der Waals surface area contributed by atoms with Crippen molar-refractivity contribution >= 4 is 17.4 Å². The standard InChI is InChI=1S/C29H29FO3/c1-22(2)25-10-5-24(6-11-25)21-32-19-3-4-20-33-28-16-7-23(8-17-28)9-18-29(31)26-12-14-27(30)15-13-26/h5-18H,1,3-4,19-21H2,2H3. The summed E-state index contributed by atoms with van der Waals surface area (Å²) in [4.78, 5) is 12.1. The summed E-state index contributed by atoms with van der Waals surface area (Å²) in [5.74, 6) is 0.264. The molecule has 0 spiro atoms. The lowest BCUT2D eigenvalue weighted by Gasteiger charge is -2.08. The molecule has 0 unspecified atom stereocenters. The zero-order valence-corrected chi connectivity index (χ0v) is 18.9. The molecule has 0 heterocycles. The van der Waals surface area contributed by atoms with Gasteiger partial charge in [-0.25, -0.2) is 4.39 Å². The number of benzene rings is 3. The van der Waals surface area contributed by atoms with Crippen molar-refractivity contribution in [2.45, 2.75) is 26.4 Å². The molecule has 0 aliphatic rings. The van der Waals surface area contributed by atoms with Crippen molar-refractivity contribution in [1.29, 1.82) is 0 Å². The van der Waals surface area contributed by atoms with Crippen molar-refractivity contribution in [3.05, 3.63) is 114 Å². The summed E-state index contributed by atoms with van der Waals surface area (Å²) in [7, 11) is 0. The smallest absolute Gasteiger partial charge is 0.185 e.